The van der Waals surface area contributed by atoms with Gasteiger partial charge in [0.2, 0.25) is 0 Å². The second-order valence-corrected chi connectivity index (χ2v) is 8.99. The van der Waals surface area contributed by atoms with E-state index in [1.807, 2.05) is 4.90 Å². The number of alkyl halides is 3. The fourth-order valence-corrected chi connectivity index (χ4v) is 4.91. The van der Waals surface area contributed by atoms with Gasteiger partial charge < -0.3 is 16.0 Å². The normalized spacial score (nSPS) is 23.3. The van der Waals surface area contributed by atoms with Crippen LogP contribution in [0.25, 0.3) is 0 Å². The molecular formula is C24H29F3N4OS. The number of halogens is 3. The lowest BCUT2D eigenvalue weighted by atomic mass is 9.69. The van der Waals surface area contributed by atoms with Gasteiger partial charge in [-0.1, -0.05) is 44.2 Å². The fraction of sp³-hybridized carbons (Fsp3) is 0.417. The third kappa shape index (κ3) is 5.83. The zero-order valence-corrected chi connectivity index (χ0v) is 19.2. The van der Waals surface area contributed by atoms with E-state index in [1.165, 1.54) is 24.3 Å². The molecule has 2 atom stereocenters. The van der Waals surface area contributed by atoms with Gasteiger partial charge in [0.1, 0.15) is 0 Å². The smallest absolute Gasteiger partial charge is 0.368 e. The molecular weight excluding hydrogens is 449 g/mol. The van der Waals surface area contributed by atoms with E-state index in [0.717, 1.165) is 44.2 Å². The van der Waals surface area contributed by atoms with Crippen molar-refractivity contribution in [1.29, 1.82) is 0 Å². The van der Waals surface area contributed by atoms with Crippen LogP contribution in [0.1, 0.15) is 37.7 Å². The lowest BCUT2D eigenvalue weighted by Gasteiger charge is -2.49. The van der Waals surface area contributed by atoms with Crippen LogP contribution >= 0.6 is 12.2 Å². The minimum atomic E-state index is -4.52. The third-order valence-electron chi connectivity index (χ3n) is 6.41. The minimum absolute atomic E-state index is 0.118. The van der Waals surface area contributed by atoms with E-state index in [0.29, 0.717) is 24.7 Å². The van der Waals surface area contributed by atoms with Crippen LogP contribution in [0, 0.1) is 5.92 Å². The van der Waals surface area contributed by atoms with Crippen molar-refractivity contribution in [2.45, 2.75) is 43.8 Å². The summed E-state index contributed by atoms with van der Waals surface area (Å²) in [7, 11) is 0. The molecule has 1 aromatic rings. The van der Waals surface area contributed by atoms with Crippen LogP contribution in [-0.4, -0.2) is 29.6 Å². The Balaban J connectivity index is 1.87. The van der Waals surface area contributed by atoms with Crippen LogP contribution in [0.4, 0.5) is 24.5 Å². The van der Waals surface area contributed by atoms with Crippen molar-refractivity contribution < 1.29 is 18.0 Å². The Bertz CT molecular complexity index is 975. The molecule has 1 aromatic carbocycles. The van der Waals surface area contributed by atoms with Crippen LogP contribution in [0.15, 0.2) is 55.2 Å². The summed E-state index contributed by atoms with van der Waals surface area (Å²) in [5.41, 5.74) is 6.53. The number of benzene rings is 1. The average Bonchev–Trinajstić information content (AvgIpc) is 2.75. The number of carbonyl (C=O) groups is 1. The predicted octanol–water partition coefficient (Wildman–Crippen LogP) is 4.91. The molecule has 1 saturated heterocycles. The van der Waals surface area contributed by atoms with Crippen molar-refractivity contribution in [3.63, 3.8) is 0 Å². The number of anilines is 2. The zero-order chi connectivity index (χ0) is 24.2. The van der Waals surface area contributed by atoms with Gasteiger partial charge in [0.05, 0.1) is 16.9 Å². The molecule has 2 aliphatic rings. The molecule has 0 aromatic heterocycles. The molecule has 9 heteroatoms. The first kappa shape index (κ1) is 25.0. The summed E-state index contributed by atoms with van der Waals surface area (Å²) in [6.45, 7) is 8.34. The number of thiocarbonyl (C=S) groups is 1. The maximum absolute atomic E-state index is 13.4. The molecule has 0 radical (unpaired) electrons. The lowest BCUT2D eigenvalue weighted by molar-refractivity contribution is -0.137. The van der Waals surface area contributed by atoms with Gasteiger partial charge >= 0.3 is 6.18 Å². The molecule has 1 saturated carbocycles. The maximum atomic E-state index is 13.4. The van der Waals surface area contributed by atoms with Crippen LogP contribution in [0.5, 0.6) is 0 Å². The van der Waals surface area contributed by atoms with Crippen molar-refractivity contribution in [3.05, 3.63) is 60.7 Å². The predicted molar refractivity (Wildman–Crippen MR) is 130 cm³/mol. The number of fused-ring (bicyclic) bond motifs is 1. The fourth-order valence-electron chi connectivity index (χ4n) is 4.71. The molecule has 1 amide bonds. The highest BCUT2D eigenvalue weighted by Crippen LogP contribution is 2.42. The molecule has 1 aliphatic heterocycles. The van der Waals surface area contributed by atoms with Crippen LogP contribution in [0.2, 0.25) is 0 Å². The molecule has 0 spiro atoms. The topological polar surface area (TPSA) is 70.4 Å². The SMILES string of the molecule is C=C/C=C(\C=C)C(=O)NC(=S)Nc1cc(C(F)(F)F)ccc1N1CCC2CCCCC2(N)C1. The molecule has 2 fully saturated rings. The highest BCUT2D eigenvalue weighted by Gasteiger charge is 2.42. The van der Waals surface area contributed by atoms with Gasteiger partial charge in [0.25, 0.3) is 5.91 Å². The number of hydrogen-bond donors (Lipinski definition) is 3. The van der Waals surface area contributed by atoms with E-state index < -0.39 is 17.6 Å². The molecule has 3 rings (SSSR count). The Morgan fingerprint density at radius 3 is 2.70 bits per heavy atom. The van der Waals surface area contributed by atoms with Crippen molar-refractivity contribution in [1.82, 2.24) is 5.32 Å². The maximum Gasteiger partial charge on any atom is 0.416 e. The molecule has 1 heterocycles. The number of nitrogens with two attached hydrogens (primary N) is 1. The minimum Gasteiger partial charge on any atom is -0.368 e. The highest BCUT2D eigenvalue weighted by atomic mass is 32.1. The van der Waals surface area contributed by atoms with Gasteiger partial charge in [-0.05, 0) is 55.6 Å². The molecule has 33 heavy (non-hydrogen) atoms. The average molecular weight is 479 g/mol. The summed E-state index contributed by atoms with van der Waals surface area (Å²) in [5, 5.41) is 5.14. The van der Waals surface area contributed by atoms with E-state index in [2.05, 4.69) is 23.8 Å². The lowest BCUT2D eigenvalue weighted by Crippen LogP contribution is -2.61. The number of allylic oxidation sites excluding steroid dienone is 2. The Morgan fingerprint density at radius 1 is 1.27 bits per heavy atom. The third-order valence-corrected chi connectivity index (χ3v) is 6.61. The second-order valence-electron chi connectivity index (χ2n) is 8.59. The summed E-state index contributed by atoms with van der Waals surface area (Å²) >= 11 is 5.22. The first-order valence-electron chi connectivity index (χ1n) is 10.9. The Kier molecular flexibility index (Phi) is 7.64. The van der Waals surface area contributed by atoms with Crippen molar-refractivity contribution in [3.8, 4) is 0 Å². The molecule has 178 valence electrons. The monoisotopic (exact) mass is 478 g/mol. The number of nitrogens with zero attached hydrogens (tertiary/aromatic N) is 1. The Labute approximate surface area is 197 Å². The van der Waals surface area contributed by atoms with E-state index in [1.54, 1.807) is 0 Å². The van der Waals surface area contributed by atoms with Gasteiger partial charge in [-0.25, -0.2) is 0 Å². The van der Waals surface area contributed by atoms with E-state index in [-0.39, 0.29) is 21.9 Å². The number of carbonyl (C=O) groups excluding carboxylic acids is 1. The van der Waals surface area contributed by atoms with Crippen LogP contribution in [-0.2, 0) is 11.0 Å². The Morgan fingerprint density at radius 2 is 2.03 bits per heavy atom. The van der Waals surface area contributed by atoms with Gasteiger partial charge in [0, 0.05) is 24.2 Å². The summed E-state index contributed by atoms with van der Waals surface area (Å²) in [6, 6.07) is 3.51. The first-order chi connectivity index (χ1) is 15.6. The van der Waals surface area contributed by atoms with Gasteiger partial charge in [-0.15, -0.1) is 0 Å². The number of piperidine rings is 1. The van der Waals surface area contributed by atoms with Gasteiger partial charge in [-0.3, -0.25) is 10.1 Å². The largest absolute Gasteiger partial charge is 0.416 e. The number of hydrogen-bond acceptors (Lipinski definition) is 4. The van der Waals surface area contributed by atoms with Crippen molar-refractivity contribution in [2.75, 3.05) is 23.3 Å². The highest BCUT2D eigenvalue weighted by molar-refractivity contribution is 7.80. The van der Waals surface area contributed by atoms with Gasteiger partial charge in [-0.2, -0.15) is 13.2 Å². The molecule has 0 bridgehead atoms. The number of nitrogens with one attached hydrogen (secondary N) is 2. The molecule has 4 N–H and O–H groups in total. The van der Waals surface area contributed by atoms with Crippen LogP contribution < -0.4 is 21.3 Å². The summed E-state index contributed by atoms with van der Waals surface area (Å²) < 4.78 is 40.2. The number of amides is 1. The van der Waals surface area contributed by atoms with Crippen molar-refractivity contribution >= 4 is 34.6 Å². The van der Waals surface area contributed by atoms with E-state index in [9.17, 15) is 18.0 Å². The summed E-state index contributed by atoms with van der Waals surface area (Å²) in [5.74, 6) is -0.123. The first-order valence-corrected chi connectivity index (χ1v) is 11.3. The van der Waals surface area contributed by atoms with Crippen molar-refractivity contribution in [2.24, 2.45) is 11.7 Å². The van der Waals surface area contributed by atoms with E-state index in [4.69, 9.17) is 18.0 Å². The standard InChI is InChI=1S/C24H29F3N4OS/c1-3-7-16(4-2)21(32)30-22(33)29-19-14-18(24(25,26)27)9-10-20(19)31-13-11-17-8-5-6-12-23(17,28)15-31/h3-4,7,9-10,14,17H,1-2,5-6,8,11-13,15,28H2,(H2,29,30,32,33)/b16-7+. The van der Waals surface area contributed by atoms with E-state index >= 15 is 0 Å². The zero-order valence-electron chi connectivity index (χ0n) is 18.4. The van der Waals surface area contributed by atoms with Crippen LogP contribution in [0.3, 0.4) is 0 Å². The summed E-state index contributed by atoms with van der Waals surface area (Å²) in [6.07, 6.45) is 4.78. The molecule has 2 unspecified atom stereocenters. The molecule has 1 aliphatic carbocycles. The number of rotatable bonds is 5. The Hall–Kier alpha value is -2.65. The van der Waals surface area contributed by atoms with Gasteiger partial charge in [0.15, 0.2) is 5.11 Å². The molecule has 5 nitrogen and oxygen atoms in total. The second kappa shape index (κ2) is 10.1. The quantitative estimate of drug-likeness (QED) is 0.319. The summed E-state index contributed by atoms with van der Waals surface area (Å²) in [4.78, 5) is 14.4.